The van der Waals surface area contributed by atoms with Crippen LogP contribution in [0, 0.1) is 0 Å². The van der Waals surface area contributed by atoms with Crippen LogP contribution in [0.15, 0.2) is 0 Å². The zero-order chi connectivity index (χ0) is 21.9. The quantitative estimate of drug-likeness (QED) is 0.156. The van der Waals surface area contributed by atoms with Crippen molar-refractivity contribution in [3.63, 3.8) is 0 Å². The van der Waals surface area contributed by atoms with Gasteiger partial charge < -0.3 is 38.3 Å². The predicted octanol–water partition coefficient (Wildman–Crippen LogP) is -3.10. The van der Waals surface area contributed by atoms with Gasteiger partial charge in [0, 0.05) is 0 Å². The highest BCUT2D eigenvalue weighted by molar-refractivity contribution is 5.95. The van der Waals surface area contributed by atoms with Crippen molar-refractivity contribution in [3.05, 3.63) is 0 Å². The van der Waals surface area contributed by atoms with E-state index in [-0.39, 0.29) is 6.42 Å². The number of rotatable bonds is 13. The Kier molecular flexibility index (Phi) is 11.4. The van der Waals surface area contributed by atoms with Gasteiger partial charge >= 0.3 is 5.97 Å². The summed E-state index contributed by atoms with van der Waals surface area (Å²) in [6.45, 7) is 3.07. The van der Waals surface area contributed by atoms with E-state index in [1.807, 2.05) is 0 Å². The van der Waals surface area contributed by atoms with Gasteiger partial charge in [-0.1, -0.05) is 0 Å². The molecular weight excluding hydrogens is 372 g/mol. The largest absolute Gasteiger partial charge is 0.480 e. The molecule has 0 aromatic heterocycles. The summed E-state index contributed by atoms with van der Waals surface area (Å²) in [6, 6.07) is -4.50. The highest BCUT2D eigenvalue weighted by atomic mass is 16.4. The van der Waals surface area contributed by atoms with Crippen LogP contribution in [0.5, 0.6) is 0 Å². The highest BCUT2D eigenvalue weighted by Gasteiger charge is 2.29. The van der Waals surface area contributed by atoms with Crippen LogP contribution < -0.4 is 33.2 Å². The number of carboxylic acid groups (broad SMARTS) is 1. The first kappa shape index (κ1) is 25.3. The fourth-order valence-corrected chi connectivity index (χ4v) is 2.12. The number of primary amides is 1. The summed E-state index contributed by atoms with van der Waals surface area (Å²) in [5.41, 5.74) is 16.0. The van der Waals surface area contributed by atoms with Crippen LogP contribution in [0.3, 0.4) is 0 Å². The van der Waals surface area contributed by atoms with Gasteiger partial charge in [-0.2, -0.15) is 0 Å². The third-order valence-electron chi connectivity index (χ3n) is 3.76. The molecule has 0 aromatic rings. The maximum atomic E-state index is 12.6. The summed E-state index contributed by atoms with van der Waals surface area (Å²) in [4.78, 5) is 58.8. The normalized spacial score (nSPS) is 14.9. The lowest BCUT2D eigenvalue weighted by Crippen LogP contribution is -2.57. The molecular formula is C16H30N6O6. The Labute approximate surface area is 162 Å². The van der Waals surface area contributed by atoms with Crippen LogP contribution in [-0.2, 0) is 24.0 Å². The molecule has 0 aliphatic heterocycles. The van der Waals surface area contributed by atoms with Crippen molar-refractivity contribution in [2.75, 3.05) is 6.54 Å². The van der Waals surface area contributed by atoms with Crippen LogP contribution in [0.4, 0.5) is 0 Å². The van der Waals surface area contributed by atoms with E-state index >= 15 is 0 Å². The lowest BCUT2D eigenvalue weighted by molar-refractivity contribution is -0.142. The van der Waals surface area contributed by atoms with Gasteiger partial charge in [0.25, 0.3) is 0 Å². The van der Waals surface area contributed by atoms with Gasteiger partial charge in [0.05, 0.1) is 12.5 Å². The van der Waals surface area contributed by atoms with Crippen LogP contribution in [0.25, 0.3) is 0 Å². The molecule has 28 heavy (non-hydrogen) atoms. The lowest BCUT2D eigenvalue weighted by atomic mass is 10.1. The Balaban J connectivity index is 5.25. The summed E-state index contributed by atoms with van der Waals surface area (Å²) in [5, 5.41) is 15.8. The molecule has 12 nitrogen and oxygen atoms in total. The average Bonchev–Trinajstić information content (AvgIpc) is 2.59. The van der Waals surface area contributed by atoms with E-state index in [2.05, 4.69) is 16.0 Å². The SMILES string of the molecule is CC(N)C(=O)NC(CCCCN)C(=O)NC(CC(N)=O)C(=O)NC(C)C(=O)O. The number of unbranched alkanes of at least 4 members (excludes halogenated alkanes) is 1. The number of nitrogens with two attached hydrogens (primary N) is 3. The van der Waals surface area contributed by atoms with Crippen molar-refractivity contribution in [1.29, 1.82) is 0 Å². The highest BCUT2D eigenvalue weighted by Crippen LogP contribution is 2.04. The second kappa shape index (κ2) is 12.6. The lowest BCUT2D eigenvalue weighted by Gasteiger charge is -2.23. The van der Waals surface area contributed by atoms with Crippen LogP contribution in [0.2, 0.25) is 0 Å². The predicted molar refractivity (Wildman–Crippen MR) is 99.5 cm³/mol. The van der Waals surface area contributed by atoms with E-state index in [4.69, 9.17) is 22.3 Å². The van der Waals surface area contributed by atoms with Crippen molar-refractivity contribution in [3.8, 4) is 0 Å². The Morgan fingerprint density at radius 2 is 1.43 bits per heavy atom. The van der Waals surface area contributed by atoms with E-state index in [9.17, 15) is 24.0 Å². The van der Waals surface area contributed by atoms with Gasteiger partial charge in [-0.05, 0) is 39.7 Å². The van der Waals surface area contributed by atoms with Crippen molar-refractivity contribution >= 4 is 29.6 Å². The number of carbonyl (C=O) groups excluding carboxylic acids is 4. The van der Waals surface area contributed by atoms with E-state index < -0.39 is 60.2 Å². The molecule has 0 bridgehead atoms. The molecule has 160 valence electrons. The Hall–Kier alpha value is -2.73. The maximum Gasteiger partial charge on any atom is 0.325 e. The number of nitrogens with one attached hydrogen (secondary N) is 3. The van der Waals surface area contributed by atoms with Crippen molar-refractivity contribution in [1.82, 2.24) is 16.0 Å². The Morgan fingerprint density at radius 1 is 0.893 bits per heavy atom. The van der Waals surface area contributed by atoms with Gasteiger partial charge in [0.15, 0.2) is 0 Å². The van der Waals surface area contributed by atoms with Crippen molar-refractivity contribution in [2.24, 2.45) is 17.2 Å². The molecule has 0 aliphatic carbocycles. The minimum atomic E-state index is -1.39. The minimum Gasteiger partial charge on any atom is -0.480 e. The molecule has 12 heteroatoms. The number of hydrogen-bond donors (Lipinski definition) is 7. The first-order chi connectivity index (χ1) is 13.0. The van der Waals surface area contributed by atoms with Gasteiger partial charge in [-0.25, -0.2) is 0 Å². The summed E-state index contributed by atoms with van der Waals surface area (Å²) >= 11 is 0. The maximum absolute atomic E-state index is 12.6. The molecule has 0 aliphatic rings. The van der Waals surface area contributed by atoms with Crippen LogP contribution in [0.1, 0.15) is 39.5 Å². The molecule has 0 saturated heterocycles. The molecule has 0 fully saturated rings. The van der Waals surface area contributed by atoms with Crippen LogP contribution in [-0.4, -0.2) is 65.4 Å². The average molecular weight is 402 g/mol. The molecule has 0 rings (SSSR count). The Morgan fingerprint density at radius 3 is 1.89 bits per heavy atom. The number of hydrogen-bond acceptors (Lipinski definition) is 7. The standard InChI is InChI=1S/C16H30N6O6/c1-8(18)13(24)21-10(5-3-4-6-17)14(25)22-11(7-12(19)23)15(26)20-9(2)16(27)28/h8-11H,3-7,17-18H2,1-2H3,(H2,19,23)(H,20,26)(H,21,24)(H,22,25)(H,27,28). The summed E-state index contributed by atoms with van der Waals surface area (Å²) in [5.74, 6) is -4.34. The number of carboxylic acids is 1. The van der Waals surface area contributed by atoms with E-state index in [0.717, 1.165) is 0 Å². The van der Waals surface area contributed by atoms with Gasteiger partial charge in [0.2, 0.25) is 23.6 Å². The van der Waals surface area contributed by atoms with E-state index in [1.165, 1.54) is 13.8 Å². The molecule has 0 spiro atoms. The zero-order valence-electron chi connectivity index (χ0n) is 16.1. The topological polar surface area (TPSA) is 220 Å². The molecule has 10 N–H and O–H groups in total. The summed E-state index contributed by atoms with van der Waals surface area (Å²) in [6.07, 6.45) is 0.828. The van der Waals surface area contributed by atoms with E-state index in [0.29, 0.717) is 19.4 Å². The smallest absolute Gasteiger partial charge is 0.325 e. The van der Waals surface area contributed by atoms with Crippen molar-refractivity contribution in [2.45, 2.75) is 63.7 Å². The number of carbonyl (C=O) groups is 5. The second-order valence-corrected chi connectivity index (χ2v) is 6.43. The van der Waals surface area contributed by atoms with E-state index in [1.54, 1.807) is 0 Å². The van der Waals surface area contributed by atoms with Gasteiger partial charge in [0.1, 0.15) is 18.1 Å². The molecule has 4 atom stereocenters. The summed E-state index contributed by atoms with van der Waals surface area (Å²) < 4.78 is 0. The first-order valence-electron chi connectivity index (χ1n) is 8.87. The Bertz CT molecular complexity index is 582. The molecule has 0 saturated carbocycles. The fourth-order valence-electron chi connectivity index (χ4n) is 2.12. The number of amides is 4. The second-order valence-electron chi connectivity index (χ2n) is 6.43. The minimum absolute atomic E-state index is 0.234. The molecule has 0 radical (unpaired) electrons. The molecule has 0 heterocycles. The van der Waals surface area contributed by atoms with Crippen molar-refractivity contribution < 1.29 is 29.1 Å². The first-order valence-corrected chi connectivity index (χ1v) is 8.87. The van der Waals surface area contributed by atoms with Gasteiger partial charge in [-0.3, -0.25) is 24.0 Å². The zero-order valence-corrected chi connectivity index (χ0v) is 16.1. The third kappa shape index (κ3) is 9.83. The monoisotopic (exact) mass is 402 g/mol. The molecule has 4 amide bonds. The summed E-state index contributed by atoms with van der Waals surface area (Å²) in [7, 11) is 0. The van der Waals surface area contributed by atoms with Gasteiger partial charge in [-0.15, -0.1) is 0 Å². The number of aliphatic carboxylic acids is 1. The fraction of sp³-hybridized carbons (Fsp3) is 0.688. The molecule has 0 aromatic carbocycles. The van der Waals surface area contributed by atoms with Crippen LogP contribution >= 0.6 is 0 Å². The third-order valence-corrected chi connectivity index (χ3v) is 3.76. The molecule has 4 unspecified atom stereocenters.